The van der Waals surface area contributed by atoms with E-state index in [1.807, 2.05) is 25.1 Å². The number of aromatic nitrogens is 2. The van der Waals surface area contributed by atoms with E-state index in [4.69, 9.17) is 4.74 Å². The van der Waals surface area contributed by atoms with Crippen molar-refractivity contribution in [3.05, 3.63) is 87.9 Å². The third kappa shape index (κ3) is 6.39. The molecule has 9 nitrogen and oxygen atoms in total. The number of likely N-dealkylation sites (tertiary alicyclic amines) is 1. The van der Waals surface area contributed by atoms with E-state index >= 15 is 4.11 Å². The maximum Gasteiger partial charge on any atom is 0.279 e. The van der Waals surface area contributed by atoms with Crippen LogP contribution in [-0.2, 0) is 19.9 Å². The van der Waals surface area contributed by atoms with Crippen molar-refractivity contribution < 1.29 is 23.5 Å². The minimum absolute atomic E-state index is 0.0784. The van der Waals surface area contributed by atoms with Crippen LogP contribution < -0.4 is 10.5 Å². The molecule has 2 aromatic carbocycles. The van der Waals surface area contributed by atoms with Crippen LogP contribution in [0.4, 0.5) is 9.80 Å². The van der Waals surface area contributed by atoms with E-state index in [1.165, 1.54) is 10.3 Å². The lowest BCUT2D eigenvalue weighted by Gasteiger charge is -2.31. The number of anilines is 1. The first-order chi connectivity index (χ1) is 23.8. The lowest BCUT2D eigenvalue weighted by molar-refractivity contribution is -0.149. The third-order valence-corrected chi connectivity index (χ3v) is 13.3. The summed E-state index contributed by atoms with van der Waals surface area (Å²) in [6.45, 7) is 12.0. The van der Waals surface area contributed by atoms with Gasteiger partial charge in [-0.3, -0.25) is 14.4 Å². The van der Waals surface area contributed by atoms with Gasteiger partial charge in [-0.05, 0) is 83.8 Å². The summed E-state index contributed by atoms with van der Waals surface area (Å²) in [4.78, 5) is 45.6. The van der Waals surface area contributed by atoms with Crippen molar-refractivity contribution in [1.29, 1.82) is 0 Å². The zero-order valence-electron chi connectivity index (χ0n) is 30.0. The van der Waals surface area contributed by atoms with Gasteiger partial charge >= 0.3 is 0 Å². The Morgan fingerprint density at radius 3 is 2.62 bits per heavy atom. The summed E-state index contributed by atoms with van der Waals surface area (Å²) < 4.78 is 24.7. The maximum absolute atomic E-state index is 16.5. The Hall–Kier alpha value is -3.93. The fraction of sp³-hybridized carbons (Fsp3) is 0.487. The number of fused-ring (bicyclic) bond motifs is 3. The molecule has 4 heterocycles. The van der Waals surface area contributed by atoms with Gasteiger partial charge in [-0.2, -0.15) is 9.78 Å². The second-order valence-corrected chi connectivity index (χ2v) is 18.8. The van der Waals surface area contributed by atoms with Gasteiger partial charge in [-0.25, -0.2) is 0 Å². The number of nitrogens with zero attached hydrogens (tertiary/aromatic N) is 4. The molecule has 1 spiro atoms. The van der Waals surface area contributed by atoms with Crippen LogP contribution in [0.1, 0.15) is 65.4 Å². The van der Waals surface area contributed by atoms with Crippen molar-refractivity contribution in [3.63, 3.8) is 0 Å². The van der Waals surface area contributed by atoms with E-state index in [2.05, 4.69) is 38.0 Å². The van der Waals surface area contributed by atoms with Crippen molar-refractivity contribution in [2.24, 2.45) is 5.92 Å². The van der Waals surface area contributed by atoms with Crippen LogP contribution in [0.25, 0.3) is 16.5 Å². The van der Waals surface area contributed by atoms with Gasteiger partial charge in [0.1, 0.15) is 0 Å². The van der Waals surface area contributed by atoms with Gasteiger partial charge in [0.25, 0.3) is 11.5 Å². The highest BCUT2D eigenvalue weighted by molar-refractivity contribution is 6.72. The first-order valence-corrected chi connectivity index (χ1v) is 20.7. The number of ether oxygens (including phenoxy) is 1. The second-order valence-electron chi connectivity index (χ2n) is 15.0. The molecule has 0 bridgehead atoms. The van der Waals surface area contributed by atoms with Gasteiger partial charge in [0.2, 0.25) is 14.3 Å². The number of carbonyl (C=O) groups excluding carboxylic acids is 2. The molecule has 1 aromatic heterocycles. The summed E-state index contributed by atoms with van der Waals surface area (Å²) in [7, 11) is -3.53. The lowest BCUT2D eigenvalue weighted by atomic mass is 9.82. The number of amides is 2. The highest BCUT2D eigenvalue weighted by atomic mass is 28.4. The number of benzene rings is 2. The van der Waals surface area contributed by atoms with Gasteiger partial charge in [-0.1, -0.05) is 48.4 Å². The molecule has 3 aliphatic rings. The molecule has 0 radical (unpaired) electrons. The van der Waals surface area contributed by atoms with Gasteiger partial charge in [0.05, 0.1) is 48.1 Å². The average Bonchev–Trinajstić information content (AvgIpc) is 3.73. The van der Waals surface area contributed by atoms with E-state index in [-0.39, 0.29) is 36.4 Å². The normalized spacial score (nSPS) is 25.2. The van der Waals surface area contributed by atoms with E-state index in [9.17, 15) is 19.5 Å². The SMILES string of the molecule is CC(C)=CCC/C(C)=C/CN1C(=O)[C@]2(O[C@H](CC(=O)N3CCC[C@H]3CO)[C@@H]([Si](C)(C)F)[C@@H]2C)c2cc(-n3ncc4ccccc4c3=O)ccc21. The molecule has 0 unspecified atom stereocenters. The summed E-state index contributed by atoms with van der Waals surface area (Å²) >= 11 is 0. The number of allylic oxidation sites excluding steroid dienone is 3. The molecular weight excluding hydrogens is 652 g/mol. The number of aliphatic hydroxyl groups is 1. The predicted molar refractivity (Wildman–Crippen MR) is 197 cm³/mol. The lowest BCUT2D eigenvalue weighted by Crippen LogP contribution is -2.45. The summed E-state index contributed by atoms with van der Waals surface area (Å²) in [5.74, 6) is -1.09. The molecule has 2 fully saturated rings. The summed E-state index contributed by atoms with van der Waals surface area (Å²) in [5.41, 5.74) is 1.53. The Bertz CT molecular complexity index is 1910. The van der Waals surface area contributed by atoms with Gasteiger partial charge in [0.15, 0.2) is 5.60 Å². The molecule has 11 heteroatoms. The standard InChI is InChI=1S/C39H49FN4O5Si/c1-25(2)11-9-12-26(3)18-20-43-33-17-16-29(44-37(47)31-15-8-7-13-28(31)23-41-44)21-32(33)39(38(43)48)27(4)36(50(5,6)40)34(49-39)22-35(46)42-19-10-14-30(42)24-45/h7-8,11,13,15-18,21,23,27,30,34,36,45H,9-10,12,14,19-20,22,24H2,1-6H3/b26-18+/t27-,30-,34+,36-,39+/m0/s1. The van der Waals surface area contributed by atoms with Gasteiger partial charge < -0.3 is 23.8 Å². The monoisotopic (exact) mass is 700 g/mol. The first-order valence-electron chi connectivity index (χ1n) is 17.8. The van der Waals surface area contributed by atoms with E-state index in [0.717, 1.165) is 30.2 Å². The topological polar surface area (TPSA) is 105 Å². The van der Waals surface area contributed by atoms with E-state index in [0.29, 0.717) is 41.8 Å². The van der Waals surface area contributed by atoms with E-state index in [1.54, 1.807) is 53.4 Å². The van der Waals surface area contributed by atoms with Crippen molar-refractivity contribution in [2.75, 3.05) is 24.6 Å². The molecule has 0 saturated carbocycles. The molecular formula is C39H49FN4O5Si. The Balaban J connectivity index is 1.44. The Kier molecular flexibility index (Phi) is 10.0. The molecule has 6 rings (SSSR count). The third-order valence-electron chi connectivity index (χ3n) is 10.9. The zero-order valence-corrected chi connectivity index (χ0v) is 31.0. The molecule has 0 aliphatic carbocycles. The van der Waals surface area contributed by atoms with Crippen LogP contribution in [0.15, 0.2) is 76.8 Å². The molecule has 2 saturated heterocycles. The van der Waals surface area contributed by atoms with Crippen molar-refractivity contribution >= 4 is 36.7 Å². The van der Waals surface area contributed by atoms with Crippen LogP contribution in [0.5, 0.6) is 0 Å². The summed E-state index contributed by atoms with van der Waals surface area (Å²) in [5, 5.41) is 15.6. The Morgan fingerprint density at radius 2 is 1.90 bits per heavy atom. The minimum Gasteiger partial charge on any atom is -0.394 e. The van der Waals surface area contributed by atoms with Crippen LogP contribution in [0.2, 0.25) is 18.6 Å². The summed E-state index contributed by atoms with van der Waals surface area (Å²) in [6, 6.07) is 12.4. The molecule has 266 valence electrons. The van der Waals surface area contributed by atoms with Crippen LogP contribution >= 0.6 is 0 Å². The predicted octanol–water partition coefficient (Wildman–Crippen LogP) is 6.57. The Morgan fingerprint density at radius 1 is 1.14 bits per heavy atom. The van der Waals surface area contributed by atoms with Crippen LogP contribution in [0.3, 0.4) is 0 Å². The average molecular weight is 701 g/mol. The van der Waals surface area contributed by atoms with Gasteiger partial charge in [-0.15, -0.1) is 0 Å². The highest BCUT2D eigenvalue weighted by Gasteiger charge is 2.67. The number of hydrogen-bond acceptors (Lipinski definition) is 6. The highest BCUT2D eigenvalue weighted by Crippen LogP contribution is 2.60. The summed E-state index contributed by atoms with van der Waals surface area (Å²) in [6.07, 6.45) is 8.23. The number of halogens is 1. The first kappa shape index (κ1) is 35.9. The molecule has 3 aromatic rings. The number of rotatable bonds is 10. The van der Waals surface area contributed by atoms with Gasteiger partial charge in [0, 0.05) is 35.5 Å². The molecule has 3 aliphatic heterocycles. The molecule has 2 amide bonds. The number of aliphatic hydroxyl groups excluding tert-OH is 1. The van der Waals surface area contributed by atoms with Crippen LogP contribution in [0, 0.1) is 5.92 Å². The fourth-order valence-corrected chi connectivity index (χ4v) is 10.9. The smallest absolute Gasteiger partial charge is 0.279 e. The van der Waals surface area contributed by atoms with Crippen molar-refractivity contribution in [3.8, 4) is 5.69 Å². The fourth-order valence-electron chi connectivity index (χ4n) is 8.40. The molecule has 50 heavy (non-hydrogen) atoms. The Labute approximate surface area is 294 Å². The zero-order chi connectivity index (χ0) is 36.0. The quantitative estimate of drug-likeness (QED) is 0.146. The maximum atomic E-state index is 16.5. The number of carbonyl (C=O) groups is 2. The van der Waals surface area contributed by atoms with E-state index < -0.39 is 31.6 Å². The molecule has 1 N–H and O–H groups in total. The van der Waals surface area contributed by atoms with Crippen molar-refractivity contribution in [1.82, 2.24) is 14.7 Å². The van der Waals surface area contributed by atoms with Crippen molar-refractivity contribution in [2.45, 2.75) is 96.2 Å². The largest absolute Gasteiger partial charge is 0.394 e. The second kappa shape index (κ2) is 14.0. The minimum atomic E-state index is -3.53. The molecule has 5 atom stereocenters. The van der Waals surface area contributed by atoms with Crippen LogP contribution in [-0.4, -0.2) is 71.9 Å². The number of hydrogen-bond donors (Lipinski definition) is 1.